The number of guanidine groups is 1. The van der Waals surface area contributed by atoms with E-state index in [1.807, 2.05) is 31.2 Å². The van der Waals surface area contributed by atoms with Crippen LogP contribution in [0.2, 0.25) is 0 Å². The lowest BCUT2D eigenvalue weighted by atomic mass is 10.2. The fraction of sp³-hybridized carbons (Fsp3) is 0.435. The highest BCUT2D eigenvalue weighted by Gasteiger charge is 2.25. The van der Waals surface area contributed by atoms with Crippen molar-refractivity contribution < 1.29 is 9.52 Å². The highest BCUT2D eigenvalue weighted by atomic mass is 127. The molecule has 1 aliphatic heterocycles. The van der Waals surface area contributed by atoms with Gasteiger partial charge in [0.05, 0.1) is 18.8 Å². The Morgan fingerprint density at radius 3 is 2.71 bits per heavy atom. The summed E-state index contributed by atoms with van der Waals surface area (Å²) in [5, 5.41) is 18.4. The Bertz CT molecular complexity index is 921. The van der Waals surface area contributed by atoms with Crippen molar-refractivity contribution in [2.24, 2.45) is 4.99 Å². The molecular weight excluding hydrogens is 523 g/mol. The number of rotatable bonds is 8. The minimum absolute atomic E-state index is 0. The lowest BCUT2D eigenvalue weighted by molar-refractivity contribution is 0.184. The molecule has 31 heavy (non-hydrogen) atoms. The molecule has 0 saturated carbocycles. The molecule has 168 valence electrons. The maximum atomic E-state index is 10.7. The van der Waals surface area contributed by atoms with E-state index >= 15 is 0 Å². The number of benzene rings is 1. The van der Waals surface area contributed by atoms with Gasteiger partial charge in [-0.3, -0.25) is 9.89 Å². The Morgan fingerprint density at radius 1 is 1.19 bits per heavy atom. The molecule has 1 saturated heterocycles. The van der Waals surface area contributed by atoms with Crippen LogP contribution in [-0.4, -0.2) is 48.7 Å². The molecule has 4 rings (SSSR count). The largest absolute Gasteiger partial charge is 0.468 e. The zero-order valence-electron chi connectivity index (χ0n) is 17.8. The molecule has 0 bridgehead atoms. The molecule has 3 N–H and O–H groups in total. The van der Waals surface area contributed by atoms with Crippen molar-refractivity contribution in [3.8, 4) is 0 Å². The van der Waals surface area contributed by atoms with Gasteiger partial charge in [0.2, 0.25) is 0 Å². The molecule has 6 nitrogen and oxygen atoms in total. The van der Waals surface area contributed by atoms with Crippen molar-refractivity contribution in [2.75, 3.05) is 32.7 Å². The molecule has 0 amide bonds. The van der Waals surface area contributed by atoms with E-state index in [-0.39, 0.29) is 30.0 Å². The Kier molecular flexibility index (Phi) is 9.18. The predicted octanol–water partition coefficient (Wildman–Crippen LogP) is 4.54. The molecule has 1 aliphatic rings. The van der Waals surface area contributed by atoms with Crippen LogP contribution in [0.4, 0.5) is 0 Å². The Balaban J connectivity index is 0.00000272. The standard InChI is InChI=1S/C23H30N4O2S.HI/c1-2-24-23(25-15-18(20-9-7-13-29-20)27-11-5-6-12-27)26-16-19(28)22-14-17-8-3-4-10-21(17)30-22;/h3-4,7-10,13-14,18-19,28H,2,5-6,11-12,15-16H2,1H3,(H2,24,25,26);1H. The number of furan rings is 1. The van der Waals surface area contributed by atoms with Crippen LogP contribution in [0.3, 0.4) is 0 Å². The van der Waals surface area contributed by atoms with Gasteiger partial charge in [0.25, 0.3) is 0 Å². The van der Waals surface area contributed by atoms with E-state index < -0.39 is 6.10 Å². The van der Waals surface area contributed by atoms with E-state index in [2.05, 4.69) is 33.7 Å². The van der Waals surface area contributed by atoms with Crippen molar-refractivity contribution in [3.05, 3.63) is 59.4 Å². The molecule has 2 aromatic heterocycles. The van der Waals surface area contributed by atoms with Crippen LogP contribution in [0, 0.1) is 0 Å². The SMILES string of the molecule is CCNC(=NCC(c1ccco1)N1CCCC1)NCC(O)c1cc2ccccc2s1.I. The molecule has 0 aliphatic carbocycles. The average molecular weight is 554 g/mol. The van der Waals surface area contributed by atoms with Gasteiger partial charge in [0.1, 0.15) is 11.9 Å². The number of thiophene rings is 1. The van der Waals surface area contributed by atoms with Gasteiger partial charge in [-0.05, 0) is 62.5 Å². The summed E-state index contributed by atoms with van der Waals surface area (Å²) in [5.41, 5.74) is 0. The Labute approximate surface area is 204 Å². The number of hydrogen-bond acceptors (Lipinski definition) is 5. The second-order valence-electron chi connectivity index (χ2n) is 7.58. The fourth-order valence-electron chi connectivity index (χ4n) is 3.90. The van der Waals surface area contributed by atoms with Crippen molar-refractivity contribution >= 4 is 51.4 Å². The lowest BCUT2D eigenvalue weighted by Gasteiger charge is -2.24. The first kappa shape index (κ1) is 24.0. The minimum atomic E-state index is -0.578. The Hall–Kier alpha value is -1.62. The Morgan fingerprint density at radius 2 is 2.00 bits per heavy atom. The van der Waals surface area contributed by atoms with E-state index in [9.17, 15) is 5.11 Å². The second-order valence-corrected chi connectivity index (χ2v) is 8.69. The predicted molar refractivity (Wildman–Crippen MR) is 138 cm³/mol. The highest BCUT2D eigenvalue weighted by molar-refractivity contribution is 14.0. The van der Waals surface area contributed by atoms with Gasteiger partial charge >= 0.3 is 0 Å². The number of aliphatic imine (C=N–C) groups is 1. The van der Waals surface area contributed by atoms with Crippen LogP contribution >= 0.6 is 35.3 Å². The van der Waals surface area contributed by atoms with Gasteiger partial charge in [-0.25, -0.2) is 0 Å². The van der Waals surface area contributed by atoms with Crippen LogP contribution in [0.1, 0.15) is 42.5 Å². The molecule has 2 atom stereocenters. The summed E-state index contributed by atoms with van der Waals surface area (Å²) in [6.07, 6.45) is 3.60. The van der Waals surface area contributed by atoms with Crippen LogP contribution < -0.4 is 10.6 Å². The highest BCUT2D eigenvalue weighted by Crippen LogP contribution is 2.29. The number of aliphatic hydroxyl groups excluding tert-OH is 1. The number of halogens is 1. The van der Waals surface area contributed by atoms with E-state index in [4.69, 9.17) is 9.41 Å². The maximum absolute atomic E-state index is 10.7. The summed E-state index contributed by atoms with van der Waals surface area (Å²) in [7, 11) is 0. The molecule has 1 fully saturated rings. The van der Waals surface area contributed by atoms with Gasteiger partial charge < -0.3 is 20.2 Å². The summed E-state index contributed by atoms with van der Waals surface area (Å²) in [4.78, 5) is 8.21. The number of likely N-dealkylation sites (tertiary alicyclic amines) is 1. The minimum Gasteiger partial charge on any atom is -0.468 e. The van der Waals surface area contributed by atoms with Crippen molar-refractivity contribution in [2.45, 2.75) is 31.9 Å². The lowest BCUT2D eigenvalue weighted by Crippen LogP contribution is -2.40. The van der Waals surface area contributed by atoms with Crippen molar-refractivity contribution in [1.29, 1.82) is 0 Å². The summed E-state index contributed by atoms with van der Waals surface area (Å²) in [5.74, 6) is 1.68. The third kappa shape index (κ3) is 6.21. The first-order valence-corrected chi connectivity index (χ1v) is 11.5. The molecule has 2 unspecified atom stereocenters. The van der Waals surface area contributed by atoms with Crippen LogP contribution in [0.15, 0.2) is 58.1 Å². The van der Waals surface area contributed by atoms with E-state index in [0.29, 0.717) is 19.0 Å². The van der Waals surface area contributed by atoms with Crippen LogP contribution in [0.5, 0.6) is 0 Å². The van der Waals surface area contributed by atoms with Gasteiger partial charge in [-0.15, -0.1) is 35.3 Å². The quantitative estimate of drug-likeness (QED) is 0.217. The first-order valence-electron chi connectivity index (χ1n) is 10.7. The third-order valence-corrected chi connectivity index (χ3v) is 6.67. The second kappa shape index (κ2) is 11.8. The molecule has 0 spiro atoms. The van der Waals surface area contributed by atoms with Gasteiger partial charge in [0.15, 0.2) is 5.96 Å². The van der Waals surface area contributed by atoms with E-state index in [0.717, 1.165) is 30.3 Å². The summed E-state index contributed by atoms with van der Waals surface area (Å²) < 4.78 is 6.89. The van der Waals surface area contributed by atoms with Crippen molar-refractivity contribution in [1.82, 2.24) is 15.5 Å². The van der Waals surface area contributed by atoms with Crippen LogP contribution in [-0.2, 0) is 0 Å². The summed E-state index contributed by atoms with van der Waals surface area (Å²) in [6.45, 7) is 5.99. The van der Waals surface area contributed by atoms with Gasteiger partial charge in [-0.1, -0.05) is 18.2 Å². The molecule has 8 heteroatoms. The molecule has 3 heterocycles. The fourth-order valence-corrected chi connectivity index (χ4v) is 4.95. The van der Waals surface area contributed by atoms with Gasteiger partial charge in [-0.2, -0.15) is 0 Å². The number of hydrogen-bond donors (Lipinski definition) is 3. The van der Waals surface area contributed by atoms with Crippen LogP contribution in [0.25, 0.3) is 10.1 Å². The average Bonchev–Trinajstić information content (AvgIpc) is 3.53. The summed E-state index contributed by atoms with van der Waals surface area (Å²) in [6, 6.07) is 14.4. The van der Waals surface area contributed by atoms with E-state index in [1.165, 1.54) is 22.9 Å². The maximum Gasteiger partial charge on any atom is 0.191 e. The smallest absolute Gasteiger partial charge is 0.191 e. The zero-order chi connectivity index (χ0) is 20.8. The zero-order valence-corrected chi connectivity index (χ0v) is 20.9. The molecule has 0 radical (unpaired) electrons. The third-order valence-electron chi connectivity index (χ3n) is 5.46. The van der Waals surface area contributed by atoms with E-state index in [1.54, 1.807) is 17.6 Å². The number of fused-ring (bicyclic) bond motifs is 1. The van der Waals surface area contributed by atoms with Gasteiger partial charge in [0, 0.05) is 22.7 Å². The normalized spacial score (nSPS) is 16.8. The monoisotopic (exact) mass is 554 g/mol. The first-order chi connectivity index (χ1) is 14.7. The molecule has 3 aromatic rings. The number of nitrogens with zero attached hydrogens (tertiary/aromatic N) is 2. The number of nitrogens with one attached hydrogen (secondary N) is 2. The molecule has 1 aromatic carbocycles. The number of aliphatic hydroxyl groups is 1. The van der Waals surface area contributed by atoms with Crippen molar-refractivity contribution in [3.63, 3.8) is 0 Å². The summed E-state index contributed by atoms with van der Waals surface area (Å²) >= 11 is 1.63. The molecular formula is C23H31IN4O2S. The topological polar surface area (TPSA) is 73.0 Å².